The molecule has 0 aromatic carbocycles. The van der Waals surface area contributed by atoms with Crippen molar-refractivity contribution in [3.05, 3.63) is 21.9 Å². The number of nitrogens with two attached hydrogens (primary N) is 1. The Hall–Kier alpha value is -0.300. The van der Waals surface area contributed by atoms with Crippen LogP contribution in [0.15, 0.2) is 16.4 Å². The second-order valence-corrected chi connectivity index (χ2v) is 5.00. The largest absolute Gasteiger partial charge is 0.370 e. The molecule has 3 N–H and O–H groups in total. The lowest BCUT2D eigenvalue weighted by molar-refractivity contribution is 0.622. The van der Waals surface area contributed by atoms with Gasteiger partial charge < -0.3 is 11.1 Å². The number of hydrogen-bond acceptors (Lipinski definition) is 2. The highest BCUT2D eigenvalue weighted by Crippen LogP contribution is 2.15. The van der Waals surface area contributed by atoms with E-state index in [0.717, 1.165) is 6.54 Å². The average Bonchev–Trinajstić information content (AvgIpc) is 2.58. The van der Waals surface area contributed by atoms with Crippen LogP contribution in [0.5, 0.6) is 0 Å². The van der Waals surface area contributed by atoms with Crippen LogP contribution in [0.1, 0.15) is 24.3 Å². The van der Waals surface area contributed by atoms with Crippen LogP contribution in [0, 0.1) is 12.8 Å². The summed E-state index contributed by atoms with van der Waals surface area (Å²) < 4.78 is 0. The lowest BCUT2D eigenvalue weighted by atomic mass is 10.2. The number of aliphatic imine (C=N–C) groups is 1. The third-order valence-electron chi connectivity index (χ3n) is 2.05. The Morgan fingerprint density at radius 1 is 1.56 bits per heavy atom. The fourth-order valence-electron chi connectivity index (χ4n) is 1.09. The van der Waals surface area contributed by atoms with E-state index in [4.69, 9.17) is 5.73 Å². The van der Waals surface area contributed by atoms with Crippen LogP contribution in [-0.2, 0) is 6.54 Å². The molecule has 92 valence electrons. The number of guanidine groups is 1. The molecule has 5 heteroatoms. The van der Waals surface area contributed by atoms with E-state index in [9.17, 15) is 0 Å². The van der Waals surface area contributed by atoms with Gasteiger partial charge in [0, 0.05) is 11.4 Å². The molecule has 0 aliphatic heterocycles. The van der Waals surface area contributed by atoms with Gasteiger partial charge in [-0.3, -0.25) is 0 Å². The van der Waals surface area contributed by atoms with Crippen molar-refractivity contribution in [2.75, 3.05) is 6.54 Å². The smallest absolute Gasteiger partial charge is 0.188 e. The quantitative estimate of drug-likeness (QED) is 0.497. The molecule has 3 nitrogen and oxygen atoms in total. The summed E-state index contributed by atoms with van der Waals surface area (Å²) in [5.41, 5.74) is 7.02. The molecular weight excluding hydrogens is 333 g/mol. The first-order valence-electron chi connectivity index (χ1n) is 5.16. The third-order valence-corrected chi connectivity index (χ3v) is 3.06. The molecule has 0 bridgehead atoms. The van der Waals surface area contributed by atoms with Gasteiger partial charge in [-0.2, -0.15) is 0 Å². The standard InChI is InChI=1S/C11H19N3S.HI/c1-8(2)6-13-11(12)14-7-10-9(3)4-5-15-10;/h4-5,8H,6-7H2,1-3H3,(H3,12,13,14);1H. The summed E-state index contributed by atoms with van der Waals surface area (Å²) in [5, 5.41) is 5.18. The van der Waals surface area contributed by atoms with Crippen LogP contribution in [0.4, 0.5) is 0 Å². The summed E-state index contributed by atoms with van der Waals surface area (Å²) >= 11 is 1.73. The van der Waals surface area contributed by atoms with Crippen LogP contribution < -0.4 is 11.1 Å². The maximum Gasteiger partial charge on any atom is 0.188 e. The predicted octanol–water partition coefficient (Wildman–Crippen LogP) is 2.73. The van der Waals surface area contributed by atoms with E-state index in [0.29, 0.717) is 18.4 Å². The van der Waals surface area contributed by atoms with Crippen LogP contribution in [0.25, 0.3) is 0 Å². The first kappa shape index (κ1) is 15.7. The maximum atomic E-state index is 5.73. The molecule has 0 radical (unpaired) electrons. The minimum absolute atomic E-state index is 0. The van der Waals surface area contributed by atoms with E-state index in [-0.39, 0.29) is 24.0 Å². The Morgan fingerprint density at radius 2 is 2.25 bits per heavy atom. The molecule has 0 spiro atoms. The van der Waals surface area contributed by atoms with Crippen molar-refractivity contribution in [3.8, 4) is 0 Å². The van der Waals surface area contributed by atoms with Gasteiger partial charge in [-0.05, 0) is 29.9 Å². The molecule has 0 amide bonds. The maximum absolute atomic E-state index is 5.73. The number of thiophene rings is 1. The van der Waals surface area contributed by atoms with Gasteiger partial charge in [-0.15, -0.1) is 35.3 Å². The second kappa shape index (κ2) is 7.89. The number of nitrogens with zero attached hydrogens (tertiary/aromatic N) is 1. The number of nitrogens with one attached hydrogen (secondary N) is 1. The molecule has 0 saturated carbocycles. The number of aryl methyl sites for hydroxylation is 1. The highest BCUT2D eigenvalue weighted by molar-refractivity contribution is 14.0. The number of halogens is 1. The highest BCUT2D eigenvalue weighted by atomic mass is 127. The Kier molecular flexibility index (Phi) is 7.74. The normalized spacial score (nSPS) is 11.4. The van der Waals surface area contributed by atoms with Gasteiger partial charge in [0.1, 0.15) is 0 Å². The minimum Gasteiger partial charge on any atom is -0.370 e. The van der Waals surface area contributed by atoms with Crippen LogP contribution in [-0.4, -0.2) is 12.5 Å². The molecule has 1 rings (SSSR count). The predicted molar refractivity (Wildman–Crippen MR) is 82.6 cm³/mol. The van der Waals surface area contributed by atoms with Gasteiger partial charge in [-0.1, -0.05) is 13.8 Å². The zero-order valence-corrected chi connectivity index (χ0v) is 13.1. The third kappa shape index (κ3) is 5.69. The summed E-state index contributed by atoms with van der Waals surface area (Å²) in [6.07, 6.45) is 0. The van der Waals surface area contributed by atoms with Crippen molar-refractivity contribution in [3.63, 3.8) is 0 Å². The van der Waals surface area contributed by atoms with Crippen molar-refractivity contribution < 1.29 is 0 Å². The average molecular weight is 353 g/mol. The lowest BCUT2D eigenvalue weighted by Crippen LogP contribution is -2.34. The molecule has 1 aromatic rings. The summed E-state index contributed by atoms with van der Waals surface area (Å²) in [5.74, 6) is 1.12. The van der Waals surface area contributed by atoms with E-state index in [1.807, 2.05) is 0 Å². The summed E-state index contributed by atoms with van der Waals surface area (Å²) in [7, 11) is 0. The Morgan fingerprint density at radius 3 is 2.75 bits per heavy atom. The van der Waals surface area contributed by atoms with Gasteiger partial charge in [0.05, 0.1) is 6.54 Å². The molecule has 0 atom stereocenters. The van der Waals surface area contributed by atoms with Crippen molar-refractivity contribution >= 4 is 41.3 Å². The van der Waals surface area contributed by atoms with Gasteiger partial charge in [0.25, 0.3) is 0 Å². The Balaban J connectivity index is 0.00000225. The van der Waals surface area contributed by atoms with Gasteiger partial charge in [0.2, 0.25) is 0 Å². The fourth-order valence-corrected chi connectivity index (χ4v) is 1.92. The molecule has 0 saturated heterocycles. The van der Waals surface area contributed by atoms with Crippen molar-refractivity contribution in [2.24, 2.45) is 16.6 Å². The molecule has 0 fully saturated rings. The first-order valence-corrected chi connectivity index (χ1v) is 6.04. The Labute approximate surface area is 119 Å². The Bertz CT molecular complexity index is 334. The first-order chi connectivity index (χ1) is 7.09. The van der Waals surface area contributed by atoms with Crippen molar-refractivity contribution in [1.82, 2.24) is 5.32 Å². The number of rotatable bonds is 4. The van der Waals surface area contributed by atoms with E-state index in [1.54, 1.807) is 11.3 Å². The zero-order chi connectivity index (χ0) is 11.3. The van der Waals surface area contributed by atoms with Crippen molar-refractivity contribution in [1.29, 1.82) is 0 Å². The zero-order valence-electron chi connectivity index (χ0n) is 9.99. The van der Waals surface area contributed by atoms with E-state index in [2.05, 4.69) is 42.5 Å². The minimum atomic E-state index is 0. The molecule has 16 heavy (non-hydrogen) atoms. The summed E-state index contributed by atoms with van der Waals surface area (Å²) in [6, 6.07) is 2.10. The van der Waals surface area contributed by atoms with Crippen LogP contribution >= 0.6 is 35.3 Å². The summed E-state index contributed by atoms with van der Waals surface area (Å²) in [6.45, 7) is 7.94. The van der Waals surface area contributed by atoms with Gasteiger partial charge in [0.15, 0.2) is 5.96 Å². The molecule has 1 heterocycles. The van der Waals surface area contributed by atoms with Crippen LogP contribution in [0.3, 0.4) is 0 Å². The lowest BCUT2D eigenvalue weighted by Gasteiger charge is -2.07. The van der Waals surface area contributed by atoms with E-state index in [1.165, 1.54) is 10.4 Å². The van der Waals surface area contributed by atoms with E-state index < -0.39 is 0 Å². The van der Waals surface area contributed by atoms with E-state index >= 15 is 0 Å². The van der Waals surface area contributed by atoms with Gasteiger partial charge >= 0.3 is 0 Å². The highest BCUT2D eigenvalue weighted by Gasteiger charge is 1.99. The fraction of sp³-hybridized carbons (Fsp3) is 0.545. The molecular formula is C11H20IN3S. The van der Waals surface area contributed by atoms with Gasteiger partial charge in [-0.25, -0.2) is 4.99 Å². The molecule has 0 aliphatic carbocycles. The summed E-state index contributed by atoms with van der Waals surface area (Å²) in [4.78, 5) is 5.57. The number of hydrogen-bond donors (Lipinski definition) is 2. The monoisotopic (exact) mass is 353 g/mol. The molecule has 1 aromatic heterocycles. The van der Waals surface area contributed by atoms with Crippen molar-refractivity contribution in [2.45, 2.75) is 27.3 Å². The topological polar surface area (TPSA) is 50.4 Å². The molecule has 0 unspecified atom stereocenters. The molecule has 0 aliphatic rings. The van der Waals surface area contributed by atoms with Crippen LogP contribution in [0.2, 0.25) is 0 Å². The second-order valence-electron chi connectivity index (χ2n) is 4.00. The SMILES string of the molecule is Cc1ccsc1CN=C(N)NCC(C)C.I.